The number of carbonyl (C=O) groups excluding carboxylic acids is 2. The lowest BCUT2D eigenvalue weighted by Crippen LogP contribution is -2.29. The van der Waals surface area contributed by atoms with Gasteiger partial charge in [-0.3, -0.25) is 19.5 Å². The van der Waals surface area contributed by atoms with Crippen LogP contribution in [-0.4, -0.2) is 32.0 Å². The topological polar surface area (TPSA) is 96.3 Å². The van der Waals surface area contributed by atoms with E-state index in [9.17, 15) is 14.7 Å². The minimum atomic E-state index is -0.811. The molecule has 1 aliphatic rings. The summed E-state index contributed by atoms with van der Waals surface area (Å²) in [5, 5.41) is 20.1. The van der Waals surface area contributed by atoms with Crippen LogP contribution in [0.5, 0.6) is 0 Å². The molecule has 3 aromatic rings. The zero-order valence-electron chi connectivity index (χ0n) is 17.7. The lowest BCUT2D eigenvalue weighted by atomic mass is 9.85. The third-order valence-electron chi connectivity index (χ3n) is 5.21. The zero-order valence-corrected chi connectivity index (χ0v) is 18.5. The number of hydrogen-bond acceptors (Lipinski definition) is 7. The van der Waals surface area contributed by atoms with E-state index < -0.39 is 17.7 Å². The normalized spacial score (nSPS) is 18.6. The SMILES string of the molecule is Cc1nnc(N2C(=O)C(=O)C(=C(O)c3ccncc3)C2c2ccc(C(C)(C)C)cc2)s1. The van der Waals surface area contributed by atoms with Crippen LogP contribution in [0.4, 0.5) is 5.13 Å². The lowest BCUT2D eigenvalue weighted by Gasteiger charge is -2.24. The molecule has 4 rings (SSSR count). The summed E-state index contributed by atoms with van der Waals surface area (Å²) in [6.07, 6.45) is 3.04. The van der Waals surface area contributed by atoms with E-state index in [1.54, 1.807) is 19.1 Å². The third kappa shape index (κ3) is 3.74. The smallest absolute Gasteiger partial charge is 0.301 e. The van der Waals surface area contributed by atoms with E-state index in [1.807, 2.05) is 24.3 Å². The molecule has 1 fully saturated rings. The number of Topliss-reactive ketones (excluding diaryl/α,β-unsaturated/α-hetero) is 1. The maximum Gasteiger partial charge on any atom is 0.301 e. The molecule has 0 radical (unpaired) electrons. The largest absolute Gasteiger partial charge is 0.507 e. The molecule has 158 valence electrons. The molecule has 3 heterocycles. The van der Waals surface area contributed by atoms with Crippen molar-refractivity contribution in [1.29, 1.82) is 0 Å². The number of amides is 1. The van der Waals surface area contributed by atoms with Crippen molar-refractivity contribution < 1.29 is 14.7 Å². The third-order valence-corrected chi connectivity index (χ3v) is 6.05. The van der Waals surface area contributed by atoms with Gasteiger partial charge in [0.05, 0.1) is 11.6 Å². The predicted molar refractivity (Wildman–Crippen MR) is 119 cm³/mol. The van der Waals surface area contributed by atoms with E-state index in [-0.39, 0.29) is 16.7 Å². The van der Waals surface area contributed by atoms with Crippen LogP contribution in [0.1, 0.15) is 48.5 Å². The number of nitrogens with zero attached hydrogens (tertiary/aromatic N) is 4. The van der Waals surface area contributed by atoms with Crippen molar-refractivity contribution in [3.63, 3.8) is 0 Å². The van der Waals surface area contributed by atoms with Crippen LogP contribution in [0.25, 0.3) is 5.76 Å². The number of aryl methyl sites for hydroxylation is 1. The Morgan fingerprint density at radius 2 is 1.68 bits per heavy atom. The summed E-state index contributed by atoms with van der Waals surface area (Å²) in [6, 6.07) is 10.1. The van der Waals surface area contributed by atoms with Crippen molar-refractivity contribution in [3.05, 3.63) is 76.1 Å². The molecule has 1 saturated heterocycles. The summed E-state index contributed by atoms with van der Waals surface area (Å²) in [5.74, 6) is -1.74. The molecular formula is C23H22N4O3S. The first-order chi connectivity index (χ1) is 14.7. The number of hydrogen-bond donors (Lipinski definition) is 1. The van der Waals surface area contributed by atoms with Gasteiger partial charge in [-0.2, -0.15) is 0 Å². The molecule has 1 atom stereocenters. The van der Waals surface area contributed by atoms with Gasteiger partial charge in [0.2, 0.25) is 5.13 Å². The summed E-state index contributed by atoms with van der Waals surface area (Å²) in [5.41, 5.74) is 2.21. The minimum Gasteiger partial charge on any atom is -0.507 e. The molecule has 8 heteroatoms. The highest BCUT2D eigenvalue weighted by Gasteiger charge is 2.48. The summed E-state index contributed by atoms with van der Waals surface area (Å²) < 4.78 is 0. The molecule has 7 nitrogen and oxygen atoms in total. The standard InChI is InChI=1S/C23H22N4O3S/c1-13-25-26-22(31-13)27-18(14-5-7-16(8-6-14)23(2,3)4)17(20(29)21(27)30)19(28)15-9-11-24-12-10-15/h5-12,18,28H,1-4H3. The van der Waals surface area contributed by atoms with Crippen molar-refractivity contribution in [2.75, 3.05) is 4.90 Å². The van der Waals surface area contributed by atoms with E-state index in [4.69, 9.17) is 0 Å². The Labute approximate surface area is 184 Å². The van der Waals surface area contributed by atoms with Gasteiger partial charge in [-0.1, -0.05) is 56.4 Å². The minimum absolute atomic E-state index is 0.0209. The van der Waals surface area contributed by atoms with Gasteiger partial charge < -0.3 is 5.11 Å². The Bertz CT molecular complexity index is 1180. The van der Waals surface area contributed by atoms with Crippen molar-refractivity contribution in [1.82, 2.24) is 15.2 Å². The molecular weight excluding hydrogens is 412 g/mol. The fourth-order valence-electron chi connectivity index (χ4n) is 3.56. The first-order valence-corrected chi connectivity index (χ1v) is 10.6. The summed E-state index contributed by atoms with van der Waals surface area (Å²) in [7, 11) is 0. The van der Waals surface area contributed by atoms with Crippen LogP contribution < -0.4 is 4.90 Å². The first kappa shape index (κ1) is 20.9. The molecule has 0 saturated carbocycles. The summed E-state index contributed by atoms with van der Waals surface area (Å²) >= 11 is 1.22. The van der Waals surface area contributed by atoms with E-state index in [0.29, 0.717) is 21.3 Å². The van der Waals surface area contributed by atoms with Gasteiger partial charge in [-0.05, 0) is 35.6 Å². The van der Waals surface area contributed by atoms with Crippen LogP contribution >= 0.6 is 11.3 Å². The highest BCUT2D eigenvalue weighted by atomic mass is 32.1. The maximum absolute atomic E-state index is 13.1. The molecule has 0 aliphatic carbocycles. The Balaban J connectivity index is 1.91. The fourth-order valence-corrected chi connectivity index (χ4v) is 4.27. The predicted octanol–water partition coefficient (Wildman–Crippen LogP) is 4.17. The van der Waals surface area contributed by atoms with Gasteiger partial charge in [0, 0.05) is 18.0 Å². The van der Waals surface area contributed by atoms with Crippen molar-refractivity contribution in [2.24, 2.45) is 0 Å². The Morgan fingerprint density at radius 3 is 2.23 bits per heavy atom. The maximum atomic E-state index is 13.1. The van der Waals surface area contributed by atoms with Crippen LogP contribution in [0.2, 0.25) is 0 Å². The van der Waals surface area contributed by atoms with Crippen LogP contribution in [-0.2, 0) is 15.0 Å². The average molecular weight is 435 g/mol. The molecule has 1 amide bonds. The van der Waals surface area contributed by atoms with E-state index >= 15 is 0 Å². The number of pyridine rings is 1. The summed E-state index contributed by atoms with van der Waals surface area (Å²) in [4.78, 5) is 31.4. The number of benzene rings is 1. The molecule has 2 aromatic heterocycles. The Hall–Kier alpha value is -3.39. The number of anilines is 1. The van der Waals surface area contributed by atoms with Gasteiger partial charge in [0.15, 0.2) is 0 Å². The second kappa shape index (κ2) is 7.70. The van der Waals surface area contributed by atoms with Crippen LogP contribution in [0.15, 0.2) is 54.4 Å². The Kier molecular flexibility index (Phi) is 5.18. The number of aliphatic hydroxyl groups excluding tert-OH is 1. The van der Waals surface area contributed by atoms with Crippen LogP contribution in [0.3, 0.4) is 0 Å². The van der Waals surface area contributed by atoms with Gasteiger partial charge in [0.1, 0.15) is 10.8 Å². The van der Waals surface area contributed by atoms with Gasteiger partial charge in [0.25, 0.3) is 5.78 Å². The number of ketones is 1. The summed E-state index contributed by atoms with van der Waals surface area (Å²) in [6.45, 7) is 8.12. The average Bonchev–Trinajstić information content (AvgIpc) is 3.28. The first-order valence-electron chi connectivity index (χ1n) is 9.80. The van der Waals surface area contributed by atoms with Gasteiger partial charge in [-0.25, -0.2) is 0 Å². The number of carbonyl (C=O) groups is 2. The second-order valence-electron chi connectivity index (χ2n) is 8.38. The Morgan fingerprint density at radius 1 is 1.03 bits per heavy atom. The molecule has 31 heavy (non-hydrogen) atoms. The number of aliphatic hydroxyl groups is 1. The second-order valence-corrected chi connectivity index (χ2v) is 9.54. The highest BCUT2D eigenvalue weighted by molar-refractivity contribution is 7.15. The molecule has 0 spiro atoms. The molecule has 1 unspecified atom stereocenters. The molecule has 0 bridgehead atoms. The lowest BCUT2D eigenvalue weighted by molar-refractivity contribution is -0.132. The van der Waals surface area contributed by atoms with Gasteiger partial charge >= 0.3 is 5.91 Å². The van der Waals surface area contributed by atoms with Crippen molar-refractivity contribution >= 4 is 33.9 Å². The van der Waals surface area contributed by atoms with Gasteiger partial charge in [-0.15, -0.1) is 10.2 Å². The van der Waals surface area contributed by atoms with E-state index in [1.165, 1.54) is 28.6 Å². The van der Waals surface area contributed by atoms with Crippen molar-refractivity contribution in [3.8, 4) is 0 Å². The van der Waals surface area contributed by atoms with E-state index in [2.05, 4.69) is 36.0 Å². The monoisotopic (exact) mass is 434 g/mol. The molecule has 1 N–H and O–H groups in total. The number of rotatable bonds is 3. The zero-order chi connectivity index (χ0) is 22.3. The van der Waals surface area contributed by atoms with Crippen LogP contribution in [0, 0.1) is 6.92 Å². The molecule has 1 aromatic carbocycles. The quantitative estimate of drug-likeness (QED) is 0.378. The van der Waals surface area contributed by atoms with E-state index in [0.717, 1.165) is 5.56 Å². The highest BCUT2D eigenvalue weighted by Crippen LogP contribution is 2.43. The molecule has 1 aliphatic heterocycles. The number of aromatic nitrogens is 3. The van der Waals surface area contributed by atoms with Crippen molar-refractivity contribution in [2.45, 2.75) is 39.2 Å². The fraction of sp³-hybridized carbons (Fsp3) is 0.261.